The van der Waals surface area contributed by atoms with Crippen molar-refractivity contribution < 1.29 is 31.1 Å². The fourth-order valence-corrected chi connectivity index (χ4v) is 3.61. The van der Waals surface area contributed by atoms with E-state index in [2.05, 4.69) is 10.2 Å². The third-order valence-corrected chi connectivity index (χ3v) is 5.05. The fourth-order valence-electron chi connectivity index (χ4n) is 3.61. The van der Waals surface area contributed by atoms with E-state index in [0.717, 1.165) is 4.57 Å². The maximum atomic E-state index is 13.8. The Morgan fingerprint density at radius 1 is 1.17 bits per heavy atom. The first-order chi connectivity index (χ1) is 13.9. The van der Waals surface area contributed by atoms with E-state index in [1.165, 1.54) is 18.7 Å². The van der Waals surface area contributed by atoms with Gasteiger partial charge in [0.2, 0.25) is 11.7 Å². The van der Waals surface area contributed by atoms with Gasteiger partial charge in [0.25, 0.3) is 0 Å². The summed E-state index contributed by atoms with van der Waals surface area (Å²) < 4.78 is 80.5. The second-order valence-corrected chi connectivity index (χ2v) is 7.35. The summed E-state index contributed by atoms with van der Waals surface area (Å²) in [4.78, 5) is 14.0. The monoisotopic (exact) mass is 435 g/mol. The minimum Gasteiger partial charge on any atom is -0.331 e. The predicted octanol–water partition coefficient (Wildman–Crippen LogP) is 3.14. The molecule has 30 heavy (non-hydrogen) atoms. The zero-order chi connectivity index (χ0) is 22.4. The molecule has 0 spiro atoms. The lowest BCUT2D eigenvalue weighted by Gasteiger charge is -2.38. The second-order valence-electron chi connectivity index (χ2n) is 7.35. The number of rotatable bonds is 4. The van der Waals surface area contributed by atoms with Crippen molar-refractivity contribution in [2.75, 3.05) is 6.54 Å². The van der Waals surface area contributed by atoms with Crippen molar-refractivity contribution in [1.82, 2.24) is 19.7 Å². The Hall–Kier alpha value is -2.63. The molecule has 1 aliphatic heterocycles. The van der Waals surface area contributed by atoms with E-state index in [1.807, 2.05) is 0 Å². The lowest BCUT2D eigenvalue weighted by molar-refractivity contribution is -0.149. The Labute approximate surface area is 167 Å². The zero-order valence-electron chi connectivity index (χ0n) is 16.1. The van der Waals surface area contributed by atoms with E-state index in [0.29, 0.717) is 12.1 Å². The van der Waals surface area contributed by atoms with E-state index >= 15 is 0 Å². The van der Waals surface area contributed by atoms with Crippen LogP contribution in [0.15, 0.2) is 12.1 Å². The minimum atomic E-state index is -4.68. The number of nitrogens with two attached hydrogens (primary N) is 1. The highest BCUT2D eigenvalue weighted by molar-refractivity contribution is 5.77. The first-order valence-electron chi connectivity index (χ1n) is 9.10. The first kappa shape index (κ1) is 22.1. The summed E-state index contributed by atoms with van der Waals surface area (Å²) in [5, 5.41) is 6.83. The Morgan fingerprint density at radius 3 is 2.43 bits per heavy atom. The molecule has 0 unspecified atom stereocenters. The third kappa shape index (κ3) is 4.13. The van der Waals surface area contributed by atoms with E-state index in [1.54, 1.807) is 0 Å². The first-order valence-corrected chi connectivity index (χ1v) is 9.10. The SMILES string of the molecule is C[C@@H]1CN(C(=O)C[C@H](N)Cc2cc(F)c(F)cc2F)[C@@H](C)c2nnc(C(F)(F)F)n21. The number of alkyl halides is 3. The van der Waals surface area contributed by atoms with E-state index < -0.39 is 53.5 Å². The van der Waals surface area contributed by atoms with Crippen molar-refractivity contribution in [3.05, 3.63) is 46.8 Å². The van der Waals surface area contributed by atoms with Gasteiger partial charge < -0.3 is 15.2 Å². The van der Waals surface area contributed by atoms with Crippen LogP contribution in [0, 0.1) is 17.5 Å². The number of hydrogen-bond acceptors (Lipinski definition) is 4. The smallest absolute Gasteiger partial charge is 0.331 e. The second kappa shape index (κ2) is 7.89. The van der Waals surface area contributed by atoms with Gasteiger partial charge in [-0.05, 0) is 31.9 Å². The molecular weight excluding hydrogens is 416 g/mol. The largest absolute Gasteiger partial charge is 0.451 e. The molecule has 2 N–H and O–H groups in total. The van der Waals surface area contributed by atoms with Crippen LogP contribution in [0.25, 0.3) is 0 Å². The molecule has 1 amide bonds. The minimum absolute atomic E-state index is 0.00496. The van der Waals surface area contributed by atoms with Crippen LogP contribution in [-0.4, -0.2) is 38.2 Å². The average molecular weight is 435 g/mol. The van der Waals surface area contributed by atoms with Crippen molar-refractivity contribution >= 4 is 5.91 Å². The summed E-state index contributed by atoms with van der Waals surface area (Å²) in [5.74, 6) is -5.16. The quantitative estimate of drug-likeness (QED) is 0.592. The maximum Gasteiger partial charge on any atom is 0.451 e. The molecule has 0 saturated carbocycles. The zero-order valence-corrected chi connectivity index (χ0v) is 16.1. The predicted molar refractivity (Wildman–Crippen MR) is 92.5 cm³/mol. The molecule has 1 aliphatic rings. The van der Waals surface area contributed by atoms with Gasteiger partial charge >= 0.3 is 6.18 Å². The summed E-state index contributed by atoms with van der Waals surface area (Å²) >= 11 is 0. The van der Waals surface area contributed by atoms with Crippen LogP contribution in [-0.2, 0) is 17.4 Å². The van der Waals surface area contributed by atoms with Crippen LogP contribution in [0.2, 0.25) is 0 Å². The van der Waals surface area contributed by atoms with Crippen molar-refractivity contribution in [2.45, 2.75) is 51.0 Å². The summed E-state index contributed by atoms with van der Waals surface area (Å²) in [6, 6.07) is -1.35. The normalized spacial score (nSPS) is 20.2. The molecule has 6 nitrogen and oxygen atoms in total. The average Bonchev–Trinajstić information content (AvgIpc) is 3.09. The van der Waals surface area contributed by atoms with Crippen molar-refractivity contribution in [3.8, 4) is 0 Å². The number of carbonyl (C=O) groups excluding carboxylic acids is 1. The topological polar surface area (TPSA) is 77.0 Å². The number of aromatic nitrogens is 3. The lowest BCUT2D eigenvalue weighted by atomic mass is 10.0. The van der Waals surface area contributed by atoms with Gasteiger partial charge in [-0.15, -0.1) is 10.2 Å². The van der Waals surface area contributed by atoms with Crippen LogP contribution in [0.5, 0.6) is 0 Å². The van der Waals surface area contributed by atoms with Gasteiger partial charge in [0, 0.05) is 25.1 Å². The summed E-state index contributed by atoms with van der Waals surface area (Å²) in [5.41, 5.74) is 5.72. The highest BCUT2D eigenvalue weighted by Crippen LogP contribution is 2.36. The Kier molecular flexibility index (Phi) is 5.81. The van der Waals surface area contributed by atoms with E-state index in [4.69, 9.17) is 5.73 Å². The molecule has 164 valence electrons. The number of nitrogens with zero attached hydrogens (tertiary/aromatic N) is 4. The molecule has 0 aliphatic carbocycles. The fraction of sp³-hybridized carbons (Fsp3) is 0.500. The van der Waals surface area contributed by atoms with Crippen LogP contribution in [0.3, 0.4) is 0 Å². The Balaban J connectivity index is 1.73. The van der Waals surface area contributed by atoms with Crippen LogP contribution in [0.1, 0.15) is 49.6 Å². The Morgan fingerprint density at radius 2 is 1.80 bits per heavy atom. The molecule has 1 aromatic carbocycles. The van der Waals surface area contributed by atoms with Crippen molar-refractivity contribution in [3.63, 3.8) is 0 Å². The number of amides is 1. The van der Waals surface area contributed by atoms with Gasteiger partial charge in [-0.25, -0.2) is 13.2 Å². The lowest BCUT2D eigenvalue weighted by Crippen LogP contribution is -2.45. The molecule has 0 radical (unpaired) electrons. The van der Waals surface area contributed by atoms with Gasteiger partial charge in [0.15, 0.2) is 17.5 Å². The highest BCUT2D eigenvalue weighted by atomic mass is 19.4. The summed E-state index contributed by atoms with van der Waals surface area (Å²) in [6.45, 7) is 3.00. The van der Waals surface area contributed by atoms with Gasteiger partial charge in [-0.2, -0.15) is 13.2 Å². The number of carbonyl (C=O) groups is 1. The Bertz CT molecular complexity index is 959. The molecule has 3 rings (SSSR count). The van der Waals surface area contributed by atoms with Gasteiger partial charge in [0.1, 0.15) is 5.82 Å². The van der Waals surface area contributed by atoms with Crippen LogP contribution < -0.4 is 5.73 Å². The summed E-state index contributed by atoms with van der Waals surface area (Å²) in [7, 11) is 0. The van der Waals surface area contributed by atoms with Gasteiger partial charge in [-0.1, -0.05) is 0 Å². The number of halogens is 6. The molecule has 0 saturated heterocycles. The van der Waals surface area contributed by atoms with Crippen molar-refractivity contribution in [2.24, 2.45) is 5.73 Å². The molecule has 0 fully saturated rings. The van der Waals surface area contributed by atoms with E-state index in [-0.39, 0.29) is 30.8 Å². The van der Waals surface area contributed by atoms with Crippen LogP contribution in [0.4, 0.5) is 26.3 Å². The van der Waals surface area contributed by atoms with Gasteiger partial charge in [-0.3, -0.25) is 4.79 Å². The van der Waals surface area contributed by atoms with Crippen molar-refractivity contribution in [1.29, 1.82) is 0 Å². The molecule has 3 atom stereocenters. The van der Waals surface area contributed by atoms with E-state index in [9.17, 15) is 31.1 Å². The molecule has 0 bridgehead atoms. The molecule has 2 heterocycles. The number of fused-ring (bicyclic) bond motifs is 1. The van der Waals surface area contributed by atoms with Gasteiger partial charge in [0.05, 0.1) is 12.1 Å². The molecular formula is C18H19F6N5O. The third-order valence-electron chi connectivity index (χ3n) is 5.05. The summed E-state index contributed by atoms with van der Waals surface area (Å²) in [6.07, 6.45) is -5.17. The van der Waals surface area contributed by atoms with Crippen LogP contribution >= 0.6 is 0 Å². The number of benzene rings is 1. The molecule has 1 aromatic heterocycles. The molecule has 2 aromatic rings. The highest BCUT2D eigenvalue weighted by Gasteiger charge is 2.43. The standard InChI is InChI=1S/C18H19F6N5O/c1-8-7-28(9(2)16-26-27-17(29(8)16)18(22,23)24)15(30)5-11(25)3-10-4-13(20)14(21)6-12(10)19/h4,6,8-9,11H,3,5,7,25H2,1-2H3/t8-,9+,11-/m1/s1. The number of hydrogen-bond donors (Lipinski definition) is 1. The molecule has 12 heteroatoms. The maximum absolute atomic E-state index is 13.8.